The number of hydrogen-bond acceptors (Lipinski definition) is 5. The zero-order valence-electron chi connectivity index (χ0n) is 12.9. The van der Waals surface area contributed by atoms with E-state index >= 15 is 0 Å². The van der Waals surface area contributed by atoms with Crippen molar-refractivity contribution in [1.82, 2.24) is 25.2 Å². The molecule has 1 atom stereocenters. The fourth-order valence-corrected chi connectivity index (χ4v) is 1.66. The predicted octanol–water partition coefficient (Wildman–Crippen LogP) is -0.260. The molecule has 1 rings (SSSR count). The molecule has 0 fully saturated rings. The first-order valence-electron chi connectivity index (χ1n) is 6.99. The van der Waals surface area contributed by atoms with Gasteiger partial charge >= 0.3 is 5.97 Å². The number of aromatic nitrogens is 3. The third-order valence-electron chi connectivity index (χ3n) is 3.02. The Hall–Kier alpha value is -2.45. The summed E-state index contributed by atoms with van der Waals surface area (Å²) in [7, 11) is 3.22. The molecule has 9 nitrogen and oxygen atoms in total. The molecule has 1 unspecified atom stereocenters. The lowest BCUT2D eigenvalue weighted by Gasteiger charge is -2.12. The molecule has 0 aliphatic heterocycles. The van der Waals surface area contributed by atoms with Crippen LogP contribution in [0, 0.1) is 0 Å². The lowest BCUT2D eigenvalue weighted by molar-refractivity contribution is -0.139. The molecule has 0 spiro atoms. The molecule has 122 valence electrons. The quantitative estimate of drug-likeness (QED) is 0.683. The molecule has 1 aromatic rings. The minimum atomic E-state index is -1.09. The molecule has 22 heavy (non-hydrogen) atoms. The van der Waals surface area contributed by atoms with Crippen LogP contribution in [0.15, 0.2) is 6.20 Å². The second kappa shape index (κ2) is 8.11. The SMILES string of the molecule is CCCCC(NC(=O)c1cn(CC(=O)N(C)C)nn1)C(=O)O. The van der Waals surface area contributed by atoms with Crippen LogP contribution in [0.1, 0.15) is 36.7 Å². The van der Waals surface area contributed by atoms with Gasteiger partial charge in [0.05, 0.1) is 6.20 Å². The second-order valence-corrected chi connectivity index (χ2v) is 5.10. The van der Waals surface area contributed by atoms with Crippen LogP contribution in [0.25, 0.3) is 0 Å². The van der Waals surface area contributed by atoms with Crippen molar-refractivity contribution in [3.63, 3.8) is 0 Å². The van der Waals surface area contributed by atoms with Gasteiger partial charge in [-0.25, -0.2) is 9.48 Å². The number of hydrogen-bond donors (Lipinski definition) is 2. The number of nitrogens with one attached hydrogen (secondary N) is 1. The van der Waals surface area contributed by atoms with Crippen LogP contribution in [0.5, 0.6) is 0 Å². The number of rotatable bonds is 8. The molecule has 0 saturated carbocycles. The predicted molar refractivity (Wildman–Crippen MR) is 77.1 cm³/mol. The summed E-state index contributed by atoms with van der Waals surface area (Å²) in [5, 5.41) is 18.8. The zero-order valence-corrected chi connectivity index (χ0v) is 12.9. The van der Waals surface area contributed by atoms with Gasteiger partial charge in [-0.2, -0.15) is 0 Å². The molecule has 1 aromatic heterocycles. The second-order valence-electron chi connectivity index (χ2n) is 5.10. The Balaban J connectivity index is 2.67. The molecule has 0 radical (unpaired) electrons. The molecule has 1 heterocycles. The van der Waals surface area contributed by atoms with Crippen molar-refractivity contribution in [3.8, 4) is 0 Å². The normalized spacial score (nSPS) is 11.8. The van der Waals surface area contributed by atoms with Gasteiger partial charge in [-0.15, -0.1) is 5.10 Å². The molecule has 0 saturated heterocycles. The minimum Gasteiger partial charge on any atom is -0.480 e. The van der Waals surface area contributed by atoms with Crippen molar-refractivity contribution in [3.05, 3.63) is 11.9 Å². The van der Waals surface area contributed by atoms with Crippen LogP contribution in [-0.2, 0) is 16.1 Å². The van der Waals surface area contributed by atoms with Crippen LogP contribution in [-0.4, -0.2) is 62.9 Å². The van der Waals surface area contributed by atoms with Gasteiger partial charge in [-0.3, -0.25) is 9.59 Å². The number of carbonyl (C=O) groups is 3. The molecule has 0 bridgehead atoms. The highest BCUT2D eigenvalue weighted by molar-refractivity contribution is 5.94. The summed E-state index contributed by atoms with van der Waals surface area (Å²) in [6.45, 7) is 1.90. The van der Waals surface area contributed by atoms with Crippen LogP contribution in [0.2, 0.25) is 0 Å². The van der Waals surface area contributed by atoms with Crippen molar-refractivity contribution < 1.29 is 19.5 Å². The first-order chi connectivity index (χ1) is 10.3. The smallest absolute Gasteiger partial charge is 0.326 e. The van der Waals surface area contributed by atoms with Gasteiger partial charge in [0.1, 0.15) is 12.6 Å². The highest BCUT2D eigenvalue weighted by atomic mass is 16.4. The number of amides is 2. The van der Waals surface area contributed by atoms with Crippen molar-refractivity contribution >= 4 is 17.8 Å². The average Bonchev–Trinajstić information content (AvgIpc) is 2.91. The molecule has 2 amide bonds. The van der Waals surface area contributed by atoms with E-state index in [1.807, 2.05) is 6.92 Å². The number of likely N-dealkylation sites (N-methyl/N-ethyl adjacent to an activating group) is 1. The molecule has 9 heteroatoms. The topological polar surface area (TPSA) is 117 Å². The van der Waals surface area contributed by atoms with Crippen molar-refractivity contribution in [2.24, 2.45) is 0 Å². The van der Waals surface area contributed by atoms with E-state index in [-0.39, 0.29) is 18.1 Å². The third-order valence-corrected chi connectivity index (χ3v) is 3.02. The van der Waals surface area contributed by atoms with Crippen LogP contribution >= 0.6 is 0 Å². The molecular formula is C13H21N5O4. The van der Waals surface area contributed by atoms with Gasteiger partial charge < -0.3 is 15.3 Å². The summed E-state index contributed by atoms with van der Waals surface area (Å²) in [5.41, 5.74) is -0.0192. The van der Waals surface area contributed by atoms with Crippen LogP contribution in [0.4, 0.5) is 0 Å². The summed E-state index contributed by atoms with van der Waals surface area (Å²) < 4.78 is 1.24. The van der Waals surface area contributed by atoms with E-state index in [4.69, 9.17) is 5.11 Å². The largest absolute Gasteiger partial charge is 0.480 e. The van der Waals surface area contributed by atoms with E-state index in [0.29, 0.717) is 12.8 Å². The minimum absolute atomic E-state index is 0.0192. The Labute approximate surface area is 128 Å². The van der Waals surface area contributed by atoms with Gasteiger partial charge in [0, 0.05) is 14.1 Å². The van der Waals surface area contributed by atoms with Crippen molar-refractivity contribution in [2.45, 2.75) is 38.8 Å². The van der Waals surface area contributed by atoms with Gasteiger partial charge in [-0.1, -0.05) is 25.0 Å². The van der Waals surface area contributed by atoms with E-state index in [9.17, 15) is 14.4 Å². The Morgan fingerprint density at radius 2 is 2.09 bits per heavy atom. The number of carboxylic acids is 1. The summed E-state index contributed by atoms with van der Waals surface area (Å²) in [6, 6.07) is -0.957. The van der Waals surface area contributed by atoms with E-state index in [1.54, 1.807) is 14.1 Å². The maximum atomic E-state index is 12.0. The van der Waals surface area contributed by atoms with Crippen molar-refractivity contribution in [2.75, 3.05) is 14.1 Å². The standard InChI is InChI=1S/C13H21N5O4/c1-4-5-6-9(13(21)22)14-12(20)10-7-18(16-15-10)8-11(19)17(2)3/h7,9H,4-6,8H2,1-3H3,(H,14,20)(H,21,22). The zero-order chi connectivity index (χ0) is 16.7. The van der Waals surface area contributed by atoms with E-state index in [0.717, 1.165) is 6.42 Å². The number of carbonyl (C=O) groups excluding carboxylic acids is 2. The van der Waals surface area contributed by atoms with Gasteiger partial charge in [0.25, 0.3) is 5.91 Å². The first-order valence-corrected chi connectivity index (χ1v) is 6.99. The Morgan fingerprint density at radius 1 is 1.41 bits per heavy atom. The summed E-state index contributed by atoms with van der Waals surface area (Å²) >= 11 is 0. The highest BCUT2D eigenvalue weighted by Crippen LogP contribution is 2.03. The lowest BCUT2D eigenvalue weighted by Crippen LogP contribution is -2.40. The van der Waals surface area contributed by atoms with Crippen LogP contribution < -0.4 is 5.32 Å². The highest BCUT2D eigenvalue weighted by Gasteiger charge is 2.22. The van der Waals surface area contributed by atoms with E-state index in [1.165, 1.54) is 15.8 Å². The maximum Gasteiger partial charge on any atom is 0.326 e. The van der Waals surface area contributed by atoms with Gasteiger partial charge in [0.2, 0.25) is 5.91 Å². The Bertz CT molecular complexity index is 540. The number of carboxylic acid groups (broad SMARTS) is 1. The fraction of sp³-hybridized carbons (Fsp3) is 0.615. The fourth-order valence-electron chi connectivity index (χ4n) is 1.66. The first kappa shape index (κ1) is 17.6. The van der Waals surface area contributed by atoms with Gasteiger partial charge in [0.15, 0.2) is 5.69 Å². The van der Waals surface area contributed by atoms with Gasteiger partial charge in [-0.05, 0) is 6.42 Å². The number of unbranched alkanes of at least 4 members (excludes halogenated alkanes) is 1. The monoisotopic (exact) mass is 311 g/mol. The molecular weight excluding hydrogens is 290 g/mol. The Morgan fingerprint density at radius 3 is 2.64 bits per heavy atom. The van der Waals surface area contributed by atoms with E-state index < -0.39 is 17.9 Å². The Kier molecular flexibility index (Phi) is 6.48. The average molecular weight is 311 g/mol. The number of aliphatic carboxylic acids is 1. The number of nitrogens with zero attached hydrogens (tertiary/aromatic N) is 4. The molecule has 0 aliphatic carbocycles. The summed E-state index contributed by atoms with van der Waals surface area (Å²) in [6.07, 6.45) is 3.20. The summed E-state index contributed by atoms with van der Waals surface area (Å²) in [4.78, 5) is 36.0. The lowest BCUT2D eigenvalue weighted by atomic mass is 10.1. The van der Waals surface area contributed by atoms with Crippen molar-refractivity contribution in [1.29, 1.82) is 0 Å². The third kappa shape index (κ3) is 5.15. The molecule has 2 N–H and O–H groups in total. The molecule has 0 aliphatic rings. The maximum absolute atomic E-state index is 12.0. The summed E-state index contributed by atoms with van der Waals surface area (Å²) in [5.74, 6) is -1.90. The van der Waals surface area contributed by atoms with E-state index in [2.05, 4.69) is 15.6 Å². The van der Waals surface area contributed by atoms with Crippen LogP contribution in [0.3, 0.4) is 0 Å². The molecule has 0 aromatic carbocycles.